The number of phenols is 1. The van der Waals surface area contributed by atoms with Crippen LogP contribution in [0.25, 0.3) is 0 Å². The van der Waals surface area contributed by atoms with Crippen LogP contribution in [0.1, 0.15) is 22.8 Å². The molecular formula is C10H9ClO3. The van der Waals surface area contributed by atoms with Crippen LogP contribution in [0.2, 0.25) is 5.02 Å². The third-order valence-corrected chi connectivity index (χ3v) is 2.68. The lowest BCUT2D eigenvalue weighted by Crippen LogP contribution is -2.05. The van der Waals surface area contributed by atoms with Gasteiger partial charge in [-0.25, -0.2) is 0 Å². The van der Waals surface area contributed by atoms with Crippen molar-refractivity contribution in [3.05, 3.63) is 22.2 Å². The molecule has 0 aromatic heterocycles. The smallest absolute Gasteiger partial charge is 0.153 e. The quantitative estimate of drug-likeness (QED) is 0.726. The molecule has 0 saturated carbocycles. The van der Waals surface area contributed by atoms with E-state index in [2.05, 4.69) is 0 Å². The van der Waals surface area contributed by atoms with Crippen molar-refractivity contribution >= 4 is 17.9 Å². The number of rotatable bonds is 1. The Morgan fingerprint density at radius 3 is 3.07 bits per heavy atom. The molecular weight excluding hydrogens is 204 g/mol. The average molecular weight is 213 g/mol. The largest absolute Gasteiger partial charge is 0.506 e. The third-order valence-electron chi connectivity index (χ3n) is 2.28. The van der Waals surface area contributed by atoms with Gasteiger partial charge in [-0.05, 0) is 13.0 Å². The van der Waals surface area contributed by atoms with Crippen LogP contribution in [0.3, 0.4) is 0 Å². The van der Waals surface area contributed by atoms with E-state index in [1.165, 1.54) is 6.07 Å². The molecule has 4 heteroatoms. The van der Waals surface area contributed by atoms with Gasteiger partial charge in [-0.1, -0.05) is 11.6 Å². The van der Waals surface area contributed by atoms with Crippen LogP contribution < -0.4 is 4.74 Å². The van der Waals surface area contributed by atoms with Crippen LogP contribution >= 0.6 is 11.6 Å². The van der Waals surface area contributed by atoms with E-state index >= 15 is 0 Å². The molecule has 1 aliphatic heterocycles. The first-order chi connectivity index (χ1) is 6.63. The van der Waals surface area contributed by atoms with E-state index < -0.39 is 0 Å². The molecule has 0 saturated heterocycles. The Kier molecular flexibility index (Phi) is 2.11. The molecule has 1 atom stereocenters. The van der Waals surface area contributed by atoms with E-state index in [9.17, 15) is 9.90 Å². The Hall–Kier alpha value is -1.22. The Morgan fingerprint density at radius 1 is 1.71 bits per heavy atom. The van der Waals surface area contributed by atoms with E-state index in [0.717, 1.165) is 5.56 Å². The number of ether oxygens (including phenoxy) is 1. The summed E-state index contributed by atoms with van der Waals surface area (Å²) >= 11 is 5.90. The highest BCUT2D eigenvalue weighted by molar-refractivity contribution is 6.33. The number of carbonyl (C=O) groups is 1. The molecule has 2 rings (SSSR count). The standard InChI is InChI=1S/C10H9ClO3/c1-5-2-7-8(14-5)3-6(4-12)10(13)9(7)11/h3-5,13H,2H2,1H3. The molecule has 0 bridgehead atoms. The molecule has 74 valence electrons. The summed E-state index contributed by atoms with van der Waals surface area (Å²) in [7, 11) is 0. The Bertz CT molecular complexity index is 401. The topological polar surface area (TPSA) is 46.5 Å². The second-order valence-corrected chi connectivity index (χ2v) is 3.73. The third kappa shape index (κ3) is 1.24. The van der Waals surface area contributed by atoms with Crippen molar-refractivity contribution in [1.29, 1.82) is 0 Å². The first-order valence-corrected chi connectivity index (χ1v) is 4.67. The Morgan fingerprint density at radius 2 is 2.43 bits per heavy atom. The highest BCUT2D eigenvalue weighted by Gasteiger charge is 2.25. The fourth-order valence-electron chi connectivity index (χ4n) is 1.61. The second kappa shape index (κ2) is 3.17. The molecule has 1 heterocycles. The van der Waals surface area contributed by atoms with Gasteiger partial charge in [0.1, 0.15) is 17.6 Å². The van der Waals surface area contributed by atoms with E-state index in [4.69, 9.17) is 16.3 Å². The number of hydrogen-bond acceptors (Lipinski definition) is 3. The maximum Gasteiger partial charge on any atom is 0.153 e. The van der Waals surface area contributed by atoms with Crippen molar-refractivity contribution in [2.45, 2.75) is 19.4 Å². The molecule has 3 nitrogen and oxygen atoms in total. The van der Waals surface area contributed by atoms with E-state index in [0.29, 0.717) is 18.5 Å². The number of phenolic OH excluding ortho intramolecular Hbond substituents is 1. The van der Waals surface area contributed by atoms with Crippen molar-refractivity contribution in [3.63, 3.8) is 0 Å². The van der Waals surface area contributed by atoms with Gasteiger partial charge in [-0.2, -0.15) is 0 Å². The number of hydrogen-bond donors (Lipinski definition) is 1. The fraction of sp³-hybridized carbons (Fsp3) is 0.300. The summed E-state index contributed by atoms with van der Waals surface area (Å²) in [5.74, 6) is 0.445. The minimum Gasteiger partial charge on any atom is -0.506 e. The first-order valence-electron chi connectivity index (χ1n) is 4.29. The molecule has 0 radical (unpaired) electrons. The number of carbonyl (C=O) groups excluding carboxylic acids is 1. The SMILES string of the molecule is CC1Cc2c(cc(C=O)c(O)c2Cl)O1. The fourth-order valence-corrected chi connectivity index (χ4v) is 1.88. The molecule has 1 unspecified atom stereocenters. The Balaban J connectivity index is 2.61. The Labute approximate surface area is 86.3 Å². The number of benzene rings is 1. The normalized spacial score (nSPS) is 18.9. The van der Waals surface area contributed by atoms with Gasteiger partial charge in [0.05, 0.1) is 10.6 Å². The summed E-state index contributed by atoms with van der Waals surface area (Å²) in [5, 5.41) is 9.76. The second-order valence-electron chi connectivity index (χ2n) is 3.36. The molecule has 14 heavy (non-hydrogen) atoms. The van der Waals surface area contributed by atoms with Crippen LogP contribution in [0.4, 0.5) is 0 Å². The maximum absolute atomic E-state index is 10.6. The molecule has 1 aromatic rings. The van der Waals surface area contributed by atoms with Gasteiger partial charge in [0, 0.05) is 12.0 Å². The summed E-state index contributed by atoms with van der Waals surface area (Å²) in [6, 6.07) is 1.52. The lowest BCUT2D eigenvalue weighted by Gasteiger charge is -2.05. The summed E-state index contributed by atoms with van der Waals surface area (Å²) in [6.07, 6.45) is 1.28. The summed E-state index contributed by atoms with van der Waals surface area (Å²) < 4.78 is 5.43. The van der Waals surface area contributed by atoms with Crippen molar-refractivity contribution in [3.8, 4) is 11.5 Å². The number of fused-ring (bicyclic) bond motifs is 1. The number of halogens is 1. The van der Waals surface area contributed by atoms with Crippen molar-refractivity contribution in [1.82, 2.24) is 0 Å². The van der Waals surface area contributed by atoms with E-state index in [-0.39, 0.29) is 22.4 Å². The van der Waals surface area contributed by atoms with Gasteiger partial charge >= 0.3 is 0 Å². The monoisotopic (exact) mass is 212 g/mol. The predicted molar refractivity (Wildman–Crippen MR) is 52.3 cm³/mol. The zero-order valence-corrected chi connectivity index (χ0v) is 8.34. The highest BCUT2D eigenvalue weighted by Crippen LogP contribution is 2.41. The molecule has 1 aromatic carbocycles. The molecule has 0 amide bonds. The van der Waals surface area contributed by atoms with Crippen molar-refractivity contribution < 1.29 is 14.6 Å². The minimum atomic E-state index is -0.155. The van der Waals surface area contributed by atoms with Crippen molar-refractivity contribution in [2.75, 3.05) is 0 Å². The van der Waals surface area contributed by atoms with Crippen LogP contribution in [-0.2, 0) is 6.42 Å². The van der Waals surface area contributed by atoms with Gasteiger partial charge in [0.25, 0.3) is 0 Å². The van der Waals surface area contributed by atoms with Gasteiger partial charge < -0.3 is 9.84 Å². The van der Waals surface area contributed by atoms with Gasteiger partial charge in [0.2, 0.25) is 0 Å². The summed E-state index contributed by atoms with van der Waals surface area (Å²) in [4.78, 5) is 10.6. The first kappa shape index (κ1) is 9.34. The van der Waals surface area contributed by atoms with Crippen LogP contribution in [0.15, 0.2) is 6.07 Å². The van der Waals surface area contributed by atoms with Gasteiger partial charge in [-0.3, -0.25) is 4.79 Å². The van der Waals surface area contributed by atoms with Crippen molar-refractivity contribution in [2.24, 2.45) is 0 Å². The minimum absolute atomic E-state index is 0.0452. The van der Waals surface area contributed by atoms with E-state index in [1.807, 2.05) is 6.92 Å². The van der Waals surface area contributed by atoms with Crippen LogP contribution in [-0.4, -0.2) is 17.5 Å². The number of aromatic hydroxyl groups is 1. The maximum atomic E-state index is 10.6. The lowest BCUT2D eigenvalue weighted by atomic mass is 10.1. The number of aldehydes is 1. The zero-order valence-electron chi connectivity index (χ0n) is 7.58. The van der Waals surface area contributed by atoms with E-state index in [1.54, 1.807) is 0 Å². The van der Waals surface area contributed by atoms with Crippen LogP contribution in [0.5, 0.6) is 11.5 Å². The molecule has 0 fully saturated rings. The highest BCUT2D eigenvalue weighted by atomic mass is 35.5. The molecule has 1 N–H and O–H groups in total. The van der Waals surface area contributed by atoms with Gasteiger partial charge in [0.15, 0.2) is 6.29 Å². The average Bonchev–Trinajstić information content (AvgIpc) is 2.52. The predicted octanol–water partition coefficient (Wildman–Crippen LogP) is 2.18. The zero-order chi connectivity index (χ0) is 10.3. The van der Waals surface area contributed by atoms with Gasteiger partial charge in [-0.15, -0.1) is 0 Å². The molecule has 1 aliphatic rings. The molecule has 0 aliphatic carbocycles. The van der Waals surface area contributed by atoms with Crippen LogP contribution in [0, 0.1) is 0 Å². The summed E-state index contributed by atoms with van der Waals surface area (Å²) in [6.45, 7) is 1.91. The summed E-state index contributed by atoms with van der Waals surface area (Å²) in [5.41, 5.74) is 0.949. The lowest BCUT2D eigenvalue weighted by molar-refractivity contribution is 0.112. The molecule has 0 spiro atoms.